The minimum absolute atomic E-state index is 0.294. The molecule has 0 bridgehead atoms. The fourth-order valence-corrected chi connectivity index (χ4v) is 6.79. The number of allylic oxidation sites excluding steroid dienone is 5. The molecule has 4 aromatic rings. The number of nitrogens with zero attached hydrogens (tertiary/aromatic N) is 3. The van der Waals surface area contributed by atoms with Crippen LogP contribution in [-0.4, -0.2) is 17.9 Å². The van der Waals surface area contributed by atoms with Crippen molar-refractivity contribution >= 4 is 23.5 Å². The van der Waals surface area contributed by atoms with Gasteiger partial charge in [-0.1, -0.05) is 141 Å². The van der Waals surface area contributed by atoms with Crippen molar-refractivity contribution in [3.8, 4) is 0 Å². The van der Waals surface area contributed by atoms with Gasteiger partial charge in [0.25, 0.3) is 0 Å². The van der Waals surface area contributed by atoms with Crippen LogP contribution in [0.25, 0.3) is 5.57 Å². The molecule has 45 heavy (non-hydrogen) atoms. The first kappa shape index (κ1) is 28.7. The maximum Gasteiger partial charge on any atom is 0.169 e. The molecular formula is C41H38N4. The highest BCUT2D eigenvalue weighted by molar-refractivity contribution is 6.16. The first-order chi connectivity index (χ1) is 22.3. The summed E-state index contributed by atoms with van der Waals surface area (Å²) in [6.45, 7) is 4.00. The molecular weight excluding hydrogens is 548 g/mol. The van der Waals surface area contributed by atoms with Crippen LogP contribution in [0, 0.1) is 5.92 Å². The minimum Gasteiger partial charge on any atom is -0.324 e. The Balaban J connectivity index is 0.00000160. The van der Waals surface area contributed by atoms with Gasteiger partial charge in [-0.25, -0.2) is 9.98 Å². The van der Waals surface area contributed by atoms with Crippen LogP contribution in [0.4, 0.5) is 0 Å². The summed E-state index contributed by atoms with van der Waals surface area (Å²) in [7, 11) is 0. The first-order valence-corrected chi connectivity index (χ1v) is 16.1. The minimum atomic E-state index is -0.304. The van der Waals surface area contributed by atoms with E-state index in [9.17, 15) is 0 Å². The molecule has 4 unspecified atom stereocenters. The Morgan fingerprint density at radius 1 is 0.689 bits per heavy atom. The summed E-state index contributed by atoms with van der Waals surface area (Å²) in [6.07, 6.45) is 15.0. The van der Waals surface area contributed by atoms with Crippen LogP contribution in [0.1, 0.15) is 77.2 Å². The first-order valence-electron chi connectivity index (χ1n) is 16.1. The molecule has 2 aliphatic heterocycles. The molecule has 222 valence electrons. The molecule has 0 radical (unpaired) electrons. The highest BCUT2D eigenvalue weighted by Gasteiger charge is 2.35. The quantitative estimate of drug-likeness (QED) is 0.249. The van der Waals surface area contributed by atoms with Crippen LogP contribution in [0.2, 0.25) is 0 Å². The van der Waals surface area contributed by atoms with Crippen molar-refractivity contribution in [2.45, 2.75) is 44.7 Å². The molecule has 4 heteroatoms. The molecule has 0 saturated carbocycles. The van der Waals surface area contributed by atoms with E-state index in [0.717, 1.165) is 35.6 Å². The van der Waals surface area contributed by atoms with Gasteiger partial charge in [-0.05, 0) is 52.1 Å². The largest absolute Gasteiger partial charge is 0.324 e. The Hall–Kier alpha value is -5.09. The second kappa shape index (κ2) is 12.9. The molecule has 4 nitrogen and oxygen atoms in total. The molecule has 0 aromatic heterocycles. The Morgan fingerprint density at radius 2 is 1.44 bits per heavy atom. The van der Waals surface area contributed by atoms with Crippen molar-refractivity contribution in [2.24, 2.45) is 20.9 Å². The van der Waals surface area contributed by atoms with Gasteiger partial charge in [-0.15, -0.1) is 0 Å². The van der Waals surface area contributed by atoms with Crippen molar-refractivity contribution in [3.05, 3.63) is 173 Å². The molecule has 4 atom stereocenters. The summed E-state index contributed by atoms with van der Waals surface area (Å²) < 4.78 is 0. The number of hydrogen-bond donors (Lipinski definition) is 1. The van der Waals surface area contributed by atoms with Gasteiger partial charge in [0.15, 0.2) is 6.17 Å². The third-order valence-electron chi connectivity index (χ3n) is 9.01. The van der Waals surface area contributed by atoms with Crippen molar-refractivity contribution in [3.63, 3.8) is 0 Å². The zero-order valence-corrected chi connectivity index (χ0v) is 25.8. The highest BCUT2D eigenvalue weighted by Crippen LogP contribution is 2.46. The van der Waals surface area contributed by atoms with E-state index in [1.807, 2.05) is 38.4 Å². The van der Waals surface area contributed by atoms with Crippen LogP contribution in [0.15, 0.2) is 149 Å². The average molecular weight is 587 g/mol. The van der Waals surface area contributed by atoms with E-state index in [1.165, 1.54) is 33.4 Å². The maximum atomic E-state index is 5.21. The van der Waals surface area contributed by atoms with Gasteiger partial charge >= 0.3 is 0 Å². The maximum absolute atomic E-state index is 5.21. The normalized spacial score (nSPS) is 22.6. The van der Waals surface area contributed by atoms with Crippen LogP contribution < -0.4 is 5.32 Å². The number of fused-ring (bicyclic) bond motifs is 3. The summed E-state index contributed by atoms with van der Waals surface area (Å²) in [5, 5.41) is 3.64. The third kappa shape index (κ3) is 5.76. The van der Waals surface area contributed by atoms with Crippen molar-refractivity contribution in [1.82, 2.24) is 5.32 Å². The summed E-state index contributed by atoms with van der Waals surface area (Å²) in [6, 6.07) is 36.5. The number of benzene rings is 4. The smallest absolute Gasteiger partial charge is 0.169 e. The lowest BCUT2D eigenvalue weighted by Gasteiger charge is -2.26. The summed E-state index contributed by atoms with van der Waals surface area (Å²) in [4.78, 5) is 14.5. The second-order valence-corrected chi connectivity index (χ2v) is 11.6. The van der Waals surface area contributed by atoms with Gasteiger partial charge in [0.1, 0.15) is 11.7 Å². The second-order valence-electron chi connectivity index (χ2n) is 11.6. The lowest BCUT2D eigenvalue weighted by molar-refractivity contribution is 0.631. The van der Waals surface area contributed by atoms with E-state index >= 15 is 0 Å². The molecule has 0 amide bonds. The number of aliphatic imine (C=N–C) groups is 3. The zero-order chi connectivity index (χ0) is 30.6. The van der Waals surface area contributed by atoms with Gasteiger partial charge in [0.2, 0.25) is 0 Å². The van der Waals surface area contributed by atoms with Crippen molar-refractivity contribution in [2.75, 3.05) is 0 Å². The molecule has 2 heterocycles. The van der Waals surface area contributed by atoms with Crippen LogP contribution in [0.3, 0.4) is 0 Å². The van der Waals surface area contributed by atoms with Gasteiger partial charge in [-0.3, -0.25) is 4.99 Å². The fourth-order valence-electron chi connectivity index (χ4n) is 6.79. The van der Waals surface area contributed by atoms with Crippen molar-refractivity contribution in [1.29, 1.82) is 0 Å². The summed E-state index contributed by atoms with van der Waals surface area (Å²) in [5.74, 6) is 2.89. The Morgan fingerprint density at radius 3 is 2.20 bits per heavy atom. The number of amidine groups is 2. The van der Waals surface area contributed by atoms with Gasteiger partial charge < -0.3 is 5.32 Å². The van der Waals surface area contributed by atoms with E-state index in [2.05, 4.69) is 126 Å². The number of nitrogens with one attached hydrogen (secondary N) is 1. The summed E-state index contributed by atoms with van der Waals surface area (Å²) >= 11 is 0. The topological polar surface area (TPSA) is 49.1 Å². The molecule has 4 aromatic carbocycles. The molecule has 1 N–H and O–H groups in total. The lowest BCUT2D eigenvalue weighted by Crippen LogP contribution is -2.36. The van der Waals surface area contributed by atoms with Gasteiger partial charge in [0, 0.05) is 35.4 Å². The van der Waals surface area contributed by atoms with E-state index in [-0.39, 0.29) is 6.17 Å². The Kier molecular flexibility index (Phi) is 8.20. The highest BCUT2D eigenvalue weighted by atomic mass is 15.2. The van der Waals surface area contributed by atoms with E-state index in [4.69, 9.17) is 9.98 Å². The van der Waals surface area contributed by atoms with E-state index < -0.39 is 0 Å². The fraction of sp³-hybridized carbons (Fsp3) is 0.195. The summed E-state index contributed by atoms with van der Waals surface area (Å²) in [5.41, 5.74) is 9.97. The van der Waals surface area contributed by atoms with E-state index in [0.29, 0.717) is 17.8 Å². The molecule has 0 saturated heterocycles. The van der Waals surface area contributed by atoms with E-state index in [1.54, 1.807) is 0 Å². The zero-order valence-electron chi connectivity index (χ0n) is 25.8. The predicted octanol–water partition coefficient (Wildman–Crippen LogP) is 9.19. The van der Waals surface area contributed by atoms with Crippen LogP contribution in [-0.2, 0) is 6.42 Å². The molecule has 2 aliphatic carbocycles. The molecule has 4 aliphatic rings. The SMILES string of the molecule is C1=CC(c2ccc(C3=CC4c5c(cccc5C5=NC(c6ccccc6)N=C(c6ccccc6)N5)CC4C=C3)cc2)CC=N1.CC. The molecule has 0 fully saturated rings. The monoisotopic (exact) mass is 586 g/mol. The Labute approximate surface area is 266 Å². The number of rotatable bonds is 5. The molecule has 0 spiro atoms. The lowest BCUT2D eigenvalue weighted by atomic mass is 9.82. The Bertz CT molecular complexity index is 1840. The van der Waals surface area contributed by atoms with Gasteiger partial charge in [-0.2, -0.15) is 0 Å². The van der Waals surface area contributed by atoms with Crippen molar-refractivity contribution < 1.29 is 0 Å². The standard InChI is InChI=1S/C39H32N4.C2H6/c1-3-8-29(9-4-1)37-41-38(30-10-5-2-6-11-30)43-39(42-37)34-13-7-12-33-24-32-19-18-31(25-35(32)36(33)34)27-16-14-26(15-17-27)28-20-22-40-23-21-28;1-2/h1-20,22-23,25,28,32,35,37H,21,24H2,(H,41,42,43);1-2H3. The number of hydrogen-bond acceptors (Lipinski definition) is 4. The van der Waals surface area contributed by atoms with Gasteiger partial charge in [0.05, 0.1) is 0 Å². The van der Waals surface area contributed by atoms with Crippen LogP contribution >= 0.6 is 0 Å². The van der Waals surface area contributed by atoms with Crippen LogP contribution in [0.5, 0.6) is 0 Å². The molecule has 8 rings (SSSR count). The average Bonchev–Trinajstić information content (AvgIpc) is 3.52. The third-order valence-corrected chi connectivity index (χ3v) is 9.01. The predicted molar refractivity (Wildman–Crippen MR) is 188 cm³/mol.